The SMILES string of the molecule is CN(C)CCNc1cc(F)cc(-c2ccnc3nc(-c4n[nH]c5cnc(-c6cncc(NC(=O)C(C)(C)C)c6)cc45)[nH]c23)c1. The maximum absolute atomic E-state index is 14.7. The van der Waals surface area contributed by atoms with Gasteiger partial charge in [-0.05, 0) is 56.1 Å². The molecule has 0 aliphatic heterocycles. The van der Waals surface area contributed by atoms with E-state index in [-0.39, 0.29) is 11.7 Å². The molecule has 0 aliphatic carbocycles. The van der Waals surface area contributed by atoms with Crippen molar-refractivity contribution in [2.24, 2.45) is 5.41 Å². The number of hydrogen-bond donors (Lipinski definition) is 4. The second-order valence-electron chi connectivity index (χ2n) is 12.0. The minimum Gasteiger partial charge on any atom is -0.384 e. The summed E-state index contributed by atoms with van der Waals surface area (Å²) in [7, 11) is 3.99. The lowest BCUT2D eigenvalue weighted by atomic mass is 9.95. The van der Waals surface area contributed by atoms with E-state index in [1.807, 2.05) is 59.1 Å². The molecule has 0 radical (unpaired) electrons. The van der Waals surface area contributed by atoms with Crippen molar-refractivity contribution < 1.29 is 9.18 Å². The van der Waals surface area contributed by atoms with Crippen molar-refractivity contribution >= 4 is 39.3 Å². The Balaban J connectivity index is 1.35. The number of rotatable bonds is 8. The number of halogens is 1. The monoisotopic (exact) mass is 592 g/mol. The molecule has 0 atom stereocenters. The van der Waals surface area contributed by atoms with Crippen molar-refractivity contribution in [2.75, 3.05) is 37.8 Å². The van der Waals surface area contributed by atoms with E-state index >= 15 is 0 Å². The van der Waals surface area contributed by atoms with Gasteiger partial charge in [0.15, 0.2) is 11.5 Å². The first-order valence-corrected chi connectivity index (χ1v) is 14.2. The number of anilines is 2. The minimum atomic E-state index is -0.542. The molecular formula is C32H33FN10O. The van der Waals surface area contributed by atoms with Crippen LogP contribution in [-0.4, -0.2) is 73.1 Å². The maximum Gasteiger partial charge on any atom is 0.229 e. The molecule has 0 fully saturated rings. The number of nitrogens with zero attached hydrogens (tertiary/aromatic N) is 6. The molecule has 6 rings (SSSR count). The number of fused-ring (bicyclic) bond motifs is 2. The van der Waals surface area contributed by atoms with Gasteiger partial charge in [-0.2, -0.15) is 5.10 Å². The molecule has 0 spiro atoms. The quantitative estimate of drug-likeness (QED) is 0.176. The highest BCUT2D eigenvalue weighted by Gasteiger charge is 2.22. The molecule has 0 unspecified atom stereocenters. The summed E-state index contributed by atoms with van der Waals surface area (Å²) >= 11 is 0. The number of carbonyl (C=O) groups is 1. The van der Waals surface area contributed by atoms with Gasteiger partial charge in [0.1, 0.15) is 11.5 Å². The van der Waals surface area contributed by atoms with Gasteiger partial charge in [-0.1, -0.05) is 20.8 Å². The summed E-state index contributed by atoms with van der Waals surface area (Å²) in [6.07, 6.45) is 6.66. The number of H-pyrrole nitrogens is 2. The van der Waals surface area contributed by atoms with E-state index in [9.17, 15) is 9.18 Å². The summed E-state index contributed by atoms with van der Waals surface area (Å²) in [5, 5.41) is 14.5. The summed E-state index contributed by atoms with van der Waals surface area (Å²) < 4.78 is 14.7. The number of pyridine rings is 3. The predicted molar refractivity (Wildman–Crippen MR) is 171 cm³/mol. The minimum absolute atomic E-state index is 0.107. The van der Waals surface area contributed by atoms with E-state index in [4.69, 9.17) is 4.98 Å². The van der Waals surface area contributed by atoms with E-state index < -0.39 is 5.41 Å². The van der Waals surface area contributed by atoms with Gasteiger partial charge in [-0.3, -0.25) is 19.9 Å². The fraction of sp³-hybridized carbons (Fsp3) is 0.250. The zero-order valence-electron chi connectivity index (χ0n) is 25.2. The first kappa shape index (κ1) is 28.9. The average Bonchev–Trinajstić information content (AvgIpc) is 3.60. The third-order valence-corrected chi connectivity index (χ3v) is 7.13. The van der Waals surface area contributed by atoms with Crippen molar-refractivity contribution in [1.29, 1.82) is 0 Å². The molecule has 0 saturated heterocycles. The van der Waals surface area contributed by atoms with E-state index in [1.165, 1.54) is 12.1 Å². The largest absolute Gasteiger partial charge is 0.384 e. The van der Waals surface area contributed by atoms with Crippen molar-refractivity contribution in [3.63, 3.8) is 0 Å². The number of benzene rings is 1. The molecule has 12 heteroatoms. The first-order chi connectivity index (χ1) is 21.0. The first-order valence-electron chi connectivity index (χ1n) is 14.2. The fourth-order valence-corrected chi connectivity index (χ4v) is 4.76. The maximum atomic E-state index is 14.7. The summed E-state index contributed by atoms with van der Waals surface area (Å²) in [5.41, 5.74) is 6.07. The van der Waals surface area contributed by atoms with E-state index in [1.54, 1.807) is 24.8 Å². The Morgan fingerprint density at radius 1 is 1.00 bits per heavy atom. The third-order valence-electron chi connectivity index (χ3n) is 7.13. The molecule has 1 aromatic carbocycles. The molecule has 1 amide bonds. The van der Waals surface area contributed by atoms with Gasteiger partial charge in [0.05, 0.1) is 34.8 Å². The normalized spacial score (nSPS) is 11.9. The summed E-state index contributed by atoms with van der Waals surface area (Å²) in [6, 6.07) is 10.5. The molecule has 0 aliphatic rings. The molecule has 4 N–H and O–H groups in total. The third kappa shape index (κ3) is 5.97. The van der Waals surface area contributed by atoms with Crippen LogP contribution in [0.15, 0.2) is 61.2 Å². The van der Waals surface area contributed by atoms with Crippen LogP contribution in [0.5, 0.6) is 0 Å². The Hall–Kier alpha value is -5.23. The lowest BCUT2D eigenvalue weighted by molar-refractivity contribution is -0.123. The highest BCUT2D eigenvalue weighted by molar-refractivity contribution is 5.97. The van der Waals surface area contributed by atoms with Gasteiger partial charge in [-0.25, -0.2) is 14.4 Å². The van der Waals surface area contributed by atoms with Gasteiger partial charge < -0.3 is 20.5 Å². The second-order valence-corrected chi connectivity index (χ2v) is 12.0. The number of imidazole rings is 1. The van der Waals surface area contributed by atoms with E-state index in [0.29, 0.717) is 51.9 Å². The highest BCUT2D eigenvalue weighted by Crippen LogP contribution is 2.33. The summed E-state index contributed by atoms with van der Waals surface area (Å²) in [5.74, 6) is 0.0627. The van der Waals surface area contributed by atoms with Crippen LogP contribution < -0.4 is 10.6 Å². The molecule has 5 aromatic heterocycles. The number of hydrogen-bond acceptors (Lipinski definition) is 8. The van der Waals surface area contributed by atoms with Crippen LogP contribution in [0.25, 0.3) is 56.0 Å². The Morgan fingerprint density at radius 3 is 2.61 bits per heavy atom. The number of aromatic amines is 2. The topological polar surface area (TPSA) is 140 Å². The molecule has 0 bridgehead atoms. The Kier molecular flexibility index (Phi) is 7.52. The van der Waals surface area contributed by atoms with Crippen molar-refractivity contribution in [3.8, 4) is 33.9 Å². The number of carbonyl (C=O) groups excluding carboxylic acids is 1. The van der Waals surface area contributed by atoms with Gasteiger partial charge in [0.25, 0.3) is 0 Å². The zero-order valence-corrected chi connectivity index (χ0v) is 25.2. The second kappa shape index (κ2) is 11.5. The molecule has 0 saturated carbocycles. The zero-order chi connectivity index (χ0) is 31.0. The van der Waals surface area contributed by atoms with Crippen LogP contribution >= 0.6 is 0 Å². The molecule has 11 nitrogen and oxygen atoms in total. The lowest BCUT2D eigenvalue weighted by Gasteiger charge is -2.17. The van der Waals surface area contributed by atoms with Crippen LogP contribution in [0.2, 0.25) is 0 Å². The van der Waals surface area contributed by atoms with Gasteiger partial charge in [-0.15, -0.1) is 0 Å². The summed E-state index contributed by atoms with van der Waals surface area (Å²) in [4.78, 5) is 36.0. The van der Waals surface area contributed by atoms with Crippen LogP contribution in [0.1, 0.15) is 20.8 Å². The Morgan fingerprint density at radius 2 is 1.82 bits per heavy atom. The number of nitrogens with one attached hydrogen (secondary N) is 4. The Labute approximate surface area is 253 Å². The molecule has 5 heterocycles. The van der Waals surface area contributed by atoms with Gasteiger partial charge >= 0.3 is 0 Å². The molecule has 224 valence electrons. The van der Waals surface area contributed by atoms with Crippen molar-refractivity contribution in [1.82, 2.24) is 40.0 Å². The van der Waals surface area contributed by atoms with Crippen molar-refractivity contribution in [2.45, 2.75) is 20.8 Å². The standard InChI is InChI=1S/C32H33FN10O/c1-32(2,3)31(44)38-22-12-19(15-34-16-22)25-14-24-26(17-37-25)41-42-28(24)30-39-27-23(6-7-36-29(27)40-30)18-10-20(33)13-21(11-18)35-8-9-43(4)5/h6-7,10-17,35H,8-9H2,1-5H3,(H,38,44)(H,41,42)(H,36,39,40). The smallest absolute Gasteiger partial charge is 0.229 e. The molecular weight excluding hydrogens is 559 g/mol. The highest BCUT2D eigenvalue weighted by atomic mass is 19.1. The predicted octanol–water partition coefficient (Wildman–Crippen LogP) is 5.72. The Bertz CT molecular complexity index is 1990. The van der Waals surface area contributed by atoms with Crippen LogP contribution in [-0.2, 0) is 4.79 Å². The van der Waals surface area contributed by atoms with Crippen molar-refractivity contribution in [3.05, 3.63) is 67.0 Å². The van der Waals surface area contributed by atoms with E-state index in [0.717, 1.165) is 28.6 Å². The van der Waals surface area contributed by atoms with Gasteiger partial charge in [0, 0.05) is 53.1 Å². The van der Waals surface area contributed by atoms with Crippen LogP contribution in [0, 0.1) is 11.2 Å². The number of aromatic nitrogens is 7. The number of likely N-dealkylation sites (N-methyl/N-ethyl adjacent to an activating group) is 1. The van der Waals surface area contributed by atoms with Crippen LogP contribution in [0.3, 0.4) is 0 Å². The van der Waals surface area contributed by atoms with E-state index in [2.05, 4.69) is 45.7 Å². The average molecular weight is 593 g/mol. The molecule has 44 heavy (non-hydrogen) atoms. The lowest BCUT2D eigenvalue weighted by Crippen LogP contribution is -2.27. The van der Waals surface area contributed by atoms with Gasteiger partial charge in [0.2, 0.25) is 5.91 Å². The number of amides is 1. The van der Waals surface area contributed by atoms with Crippen LogP contribution in [0.4, 0.5) is 15.8 Å². The molecule has 6 aromatic rings. The fourth-order valence-electron chi connectivity index (χ4n) is 4.76. The summed E-state index contributed by atoms with van der Waals surface area (Å²) in [6.45, 7) is 7.06.